The van der Waals surface area contributed by atoms with Crippen molar-refractivity contribution in [2.75, 3.05) is 19.6 Å². The highest BCUT2D eigenvalue weighted by atomic mass is 16.3. The van der Waals surface area contributed by atoms with Crippen LogP contribution in [0.5, 0.6) is 0 Å². The summed E-state index contributed by atoms with van der Waals surface area (Å²) in [5.74, 6) is 0.286. The van der Waals surface area contributed by atoms with Crippen molar-refractivity contribution < 1.29 is 18.8 Å². The maximum Gasteiger partial charge on any atom is 0.253 e. The first-order valence-electron chi connectivity index (χ1n) is 13.4. The zero-order chi connectivity index (χ0) is 26.8. The second-order valence-corrected chi connectivity index (χ2v) is 10.1. The number of nitrogens with zero attached hydrogens (tertiary/aromatic N) is 2. The Hall–Kier alpha value is -3.20. The first kappa shape index (κ1) is 28.4. The van der Waals surface area contributed by atoms with E-state index in [1.54, 1.807) is 30.5 Å². The monoisotopic (exact) mass is 511 g/mol. The Balaban J connectivity index is 1.69. The van der Waals surface area contributed by atoms with Crippen LogP contribution in [0.3, 0.4) is 0 Å². The molecular formula is C28H41N5O4. The van der Waals surface area contributed by atoms with E-state index in [-0.39, 0.29) is 30.1 Å². The molecule has 0 unspecified atom stereocenters. The molecule has 4 N–H and O–H groups in total. The Bertz CT molecular complexity index is 1020. The van der Waals surface area contributed by atoms with Gasteiger partial charge in [0.2, 0.25) is 5.91 Å². The summed E-state index contributed by atoms with van der Waals surface area (Å²) in [6.07, 6.45) is 7.76. The molecule has 1 aliphatic carbocycles. The zero-order valence-electron chi connectivity index (χ0n) is 22.2. The highest BCUT2D eigenvalue weighted by Gasteiger charge is 2.28. The van der Waals surface area contributed by atoms with Crippen LogP contribution in [0.2, 0.25) is 0 Å². The van der Waals surface area contributed by atoms with Gasteiger partial charge in [0.05, 0.1) is 12.2 Å². The maximum absolute atomic E-state index is 13.3. The molecule has 0 aliphatic heterocycles. The van der Waals surface area contributed by atoms with Crippen LogP contribution in [0.1, 0.15) is 79.5 Å². The van der Waals surface area contributed by atoms with Crippen molar-refractivity contribution in [3.8, 4) is 0 Å². The van der Waals surface area contributed by atoms with Crippen molar-refractivity contribution >= 4 is 17.7 Å². The van der Waals surface area contributed by atoms with Crippen LogP contribution >= 0.6 is 0 Å². The van der Waals surface area contributed by atoms with E-state index in [2.05, 4.69) is 15.6 Å². The fraction of sp³-hybridized carbons (Fsp3) is 0.571. The lowest BCUT2D eigenvalue weighted by molar-refractivity contribution is -0.124. The summed E-state index contributed by atoms with van der Waals surface area (Å²) in [4.78, 5) is 44.8. The van der Waals surface area contributed by atoms with E-state index in [9.17, 15) is 14.4 Å². The van der Waals surface area contributed by atoms with E-state index < -0.39 is 12.1 Å². The molecule has 3 atom stereocenters. The Morgan fingerprint density at radius 1 is 1.16 bits per heavy atom. The van der Waals surface area contributed by atoms with E-state index in [1.807, 2.05) is 25.7 Å². The quantitative estimate of drug-likeness (QED) is 0.337. The third-order valence-corrected chi connectivity index (χ3v) is 6.69. The normalized spacial score (nSPS) is 15.5. The lowest BCUT2D eigenvalue weighted by atomic mass is 9.94. The lowest BCUT2D eigenvalue weighted by Crippen LogP contribution is -2.50. The molecule has 3 amide bonds. The molecule has 1 saturated carbocycles. The summed E-state index contributed by atoms with van der Waals surface area (Å²) in [5.41, 5.74) is 7.38. The predicted octanol–water partition coefficient (Wildman–Crippen LogP) is 3.16. The van der Waals surface area contributed by atoms with Crippen LogP contribution in [-0.4, -0.2) is 59.3 Å². The van der Waals surface area contributed by atoms with Crippen LogP contribution in [0.25, 0.3) is 0 Å². The highest BCUT2D eigenvalue weighted by Crippen LogP contribution is 2.27. The van der Waals surface area contributed by atoms with Gasteiger partial charge in [-0.1, -0.05) is 26.8 Å². The van der Waals surface area contributed by atoms with Gasteiger partial charge in [-0.3, -0.25) is 14.4 Å². The summed E-state index contributed by atoms with van der Waals surface area (Å²) in [6, 6.07) is 5.73. The SMILES string of the molecule is CCCN(CCC)C(=O)c1cccc(C(=O)N[C@@H](Cc2ncco2)[C@@H](N)C[C@@H](C)C(=O)NCC2CC2)c1. The van der Waals surface area contributed by atoms with Gasteiger partial charge in [0.15, 0.2) is 5.89 Å². The van der Waals surface area contributed by atoms with Gasteiger partial charge in [-0.05, 0) is 56.2 Å². The molecule has 0 radical (unpaired) electrons. The van der Waals surface area contributed by atoms with Crippen molar-refractivity contribution in [1.29, 1.82) is 0 Å². The van der Waals surface area contributed by atoms with Crippen LogP contribution < -0.4 is 16.4 Å². The Morgan fingerprint density at radius 3 is 2.49 bits per heavy atom. The van der Waals surface area contributed by atoms with E-state index in [0.717, 1.165) is 12.8 Å². The van der Waals surface area contributed by atoms with Crippen molar-refractivity contribution in [3.05, 3.63) is 53.7 Å². The molecule has 2 aromatic rings. The van der Waals surface area contributed by atoms with E-state index >= 15 is 0 Å². The largest absolute Gasteiger partial charge is 0.449 e. The van der Waals surface area contributed by atoms with Gasteiger partial charge in [0, 0.05) is 49.1 Å². The number of nitrogens with one attached hydrogen (secondary N) is 2. The number of rotatable bonds is 15. The molecule has 0 bridgehead atoms. The second-order valence-electron chi connectivity index (χ2n) is 10.1. The van der Waals surface area contributed by atoms with Crippen molar-refractivity contribution in [2.45, 2.75) is 71.4 Å². The first-order chi connectivity index (χ1) is 17.8. The molecule has 0 saturated heterocycles. The van der Waals surface area contributed by atoms with E-state index in [4.69, 9.17) is 10.2 Å². The number of benzene rings is 1. The number of oxazole rings is 1. The fourth-order valence-electron chi connectivity index (χ4n) is 4.35. The smallest absolute Gasteiger partial charge is 0.253 e. The van der Waals surface area contributed by atoms with Gasteiger partial charge in [0.1, 0.15) is 6.26 Å². The number of carbonyl (C=O) groups excluding carboxylic acids is 3. The van der Waals surface area contributed by atoms with Crippen LogP contribution in [-0.2, 0) is 11.2 Å². The minimum absolute atomic E-state index is 0.0292. The number of nitrogens with two attached hydrogens (primary N) is 1. The molecule has 1 fully saturated rings. The molecule has 9 heteroatoms. The summed E-state index contributed by atoms with van der Waals surface area (Å²) in [6.45, 7) is 7.96. The van der Waals surface area contributed by atoms with Gasteiger partial charge >= 0.3 is 0 Å². The van der Waals surface area contributed by atoms with Crippen molar-refractivity contribution in [1.82, 2.24) is 20.5 Å². The van der Waals surface area contributed by atoms with Gasteiger partial charge in [-0.2, -0.15) is 0 Å². The van der Waals surface area contributed by atoms with Crippen LogP contribution in [0.4, 0.5) is 0 Å². The predicted molar refractivity (Wildman–Crippen MR) is 142 cm³/mol. The average molecular weight is 512 g/mol. The number of aromatic nitrogens is 1. The van der Waals surface area contributed by atoms with Gasteiger partial charge in [-0.25, -0.2) is 4.98 Å². The molecule has 1 heterocycles. The third kappa shape index (κ3) is 8.70. The molecule has 3 rings (SSSR count). The minimum Gasteiger partial charge on any atom is -0.449 e. The molecular weight excluding hydrogens is 470 g/mol. The van der Waals surface area contributed by atoms with Crippen LogP contribution in [0, 0.1) is 11.8 Å². The Labute approximate surface area is 219 Å². The van der Waals surface area contributed by atoms with Gasteiger partial charge in [-0.15, -0.1) is 0 Å². The van der Waals surface area contributed by atoms with E-state index in [1.165, 1.54) is 19.1 Å². The minimum atomic E-state index is -0.513. The fourth-order valence-corrected chi connectivity index (χ4v) is 4.35. The number of amides is 3. The zero-order valence-corrected chi connectivity index (χ0v) is 22.2. The van der Waals surface area contributed by atoms with Gasteiger partial charge < -0.3 is 25.7 Å². The molecule has 37 heavy (non-hydrogen) atoms. The molecule has 0 spiro atoms. The average Bonchev–Trinajstić information content (AvgIpc) is 3.59. The summed E-state index contributed by atoms with van der Waals surface area (Å²) in [5, 5.41) is 6.00. The molecule has 1 aromatic heterocycles. The molecule has 9 nitrogen and oxygen atoms in total. The highest BCUT2D eigenvalue weighted by molar-refractivity contribution is 5.99. The standard InChI is InChI=1S/C28H41N5O4/c1-4-12-33(13-5-2)28(36)22-8-6-7-21(16-22)27(35)32-24(17-25-30-11-14-37-25)23(29)15-19(3)26(34)31-18-20-9-10-20/h6-8,11,14,16,19-20,23-24H,4-5,9-10,12-13,15,17-18,29H2,1-3H3,(H,31,34)(H,32,35)/t19-,23+,24+/m1/s1. The second kappa shape index (κ2) is 13.9. The summed E-state index contributed by atoms with van der Waals surface area (Å²) >= 11 is 0. The van der Waals surface area contributed by atoms with E-state index in [0.29, 0.717) is 49.0 Å². The summed E-state index contributed by atoms with van der Waals surface area (Å²) < 4.78 is 5.40. The topological polar surface area (TPSA) is 131 Å². The molecule has 1 aromatic carbocycles. The van der Waals surface area contributed by atoms with Crippen molar-refractivity contribution in [2.24, 2.45) is 17.6 Å². The lowest BCUT2D eigenvalue weighted by Gasteiger charge is -2.26. The third-order valence-electron chi connectivity index (χ3n) is 6.69. The molecule has 202 valence electrons. The number of hydrogen-bond acceptors (Lipinski definition) is 6. The number of carbonyl (C=O) groups is 3. The maximum atomic E-state index is 13.3. The summed E-state index contributed by atoms with van der Waals surface area (Å²) in [7, 11) is 0. The van der Waals surface area contributed by atoms with Crippen LogP contribution in [0.15, 0.2) is 41.1 Å². The Kier molecular flexibility index (Phi) is 10.7. The molecule has 1 aliphatic rings. The first-order valence-corrected chi connectivity index (χ1v) is 13.4. The Morgan fingerprint density at radius 2 is 1.86 bits per heavy atom. The van der Waals surface area contributed by atoms with Gasteiger partial charge in [0.25, 0.3) is 11.8 Å². The number of hydrogen-bond donors (Lipinski definition) is 3. The van der Waals surface area contributed by atoms with Crippen molar-refractivity contribution in [3.63, 3.8) is 0 Å².